The highest BCUT2D eigenvalue weighted by Gasteiger charge is 2.61. The topological polar surface area (TPSA) is 37.3 Å². The minimum Gasteiger partial charge on any atom is -0.393 e. The molecule has 0 aliphatic heterocycles. The first kappa shape index (κ1) is 21.2. The molecule has 0 spiro atoms. The third-order valence-electron chi connectivity index (χ3n) is 11.2. The first-order valence-corrected chi connectivity index (χ1v) is 13.1. The molecule has 0 aromatic carbocycles. The maximum atomic E-state index is 12.6. The average molecular weight is 413 g/mol. The van der Waals surface area contributed by atoms with Gasteiger partial charge in [0.05, 0.1) is 6.10 Å². The Bertz CT molecular complexity index is 737. The van der Waals surface area contributed by atoms with Crippen LogP contribution in [0.3, 0.4) is 0 Å². The van der Waals surface area contributed by atoms with Crippen LogP contribution in [0.1, 0.15) is 92.4 Å². The number of aliphatic hydroxyl groups excluding tert-OH is 1. The summed E-state index contributed by atoms with van der Waals surface area (Å²) < 4.78 is 0. The molecule has 5 rings (SSSR count). The minimum absolute atomic E-state index is 0.105. The number of carbonyl (C=O) groups is 1. The summed E-state index contributed by atoms with van der Waals surface area (Å²) in [4.78, 5) is 12.6. The van der Waals surface area contributed by atoms with Gasteiger partial charge in [0.25, 0.3) is 0 Å². The van der Waals surface area contributed by atoms with E-state index in [1.54, 1.807) is 5.57 Å². The standard InChI is InChI=1S/C28H44O2/c1-16(2)26(30)22-15-21(22)17(3)23-8-9-24-20-7-6-18-14-19(29)10-12-27(18,4)25(20)11-13-28(23,24)5/h6,16-17,19-25,29H,7-15H2,1-5H3/t17-,19+,20+,21?,22?,23-,24+,25+,27+,28-/m1/s1. The summed E-state index contributed by atoms with van der Waals surface area (Å²) in [7, 11) is 0. The minimum atomic E-state index is -0.105. The van der Waals surface area contributed by atoms with Crippen LogP contribution in [0.4, 0.5) is 0 Å². The zero-order valence-electron chi connectivity index (χ0n) is 20.0. The highest BCUT2D eigenvalue weighted by atomic mass is 16.3. The van der Waals surface area contributed by atoms with Crippen molar-refractivity contribution in [3.8, 4) is 0 Å². The number of rotatable bonds is 4. The molecule has 30 heavy (non-hydrogen) atoms. The molecule has 0 radical (unpaired) electrons. The van der Waals surface area contributed by atoms with E-state index in [2.05, 4.69) is 40.7 Å². The normalized spacial score (nSPS) is 50.9. The van der Waals surface area contributed by atoms with Crippen molar-refractivity contribution in [2.24, 2.45) is 58.2 Å². The van der Waals surface area contributed by atoms with Crippen LogP contribution in [0, 0.1) is 58.2 Å². The fourth-order valence-corrected chi connectivity index (χ4v) is 9.40. The third kappa shape index (κ3) is 3.02. The largest absolute Gasteiger partial charge is 0.393 e. The quantitative estimate of drug-likeness (QED) is 0.541. The van der Waals surface area contributed by atoms with Gasteiger partial charge in [-0.15, -0.1) is 0 Å². The summed E-state index contributed by atoms with van der Waals surface area (Å²) in [6.45, 7) is 11.8. The average Bonchev–Trinajstić information content (AvgIpc) is 3.42. The molecule has 0 bridgehead atoms. The van der Waals surface area contributed by atoms with Crippen LogP contribution in [-0.2, 0) is 4.79 Å². The van der Waals surface area contributed by atoms with Crippen molar-refractivity contribution < 1.29 is 9.90 Å². The third-order valence-corrected chi connectivity index (χ3v) is 11.2. The molecular formula is C28H44O2. The zero-order valence-corrected chi connectivity index (χ0v) is 20.0. The summed E-state index contributed by atoms with van der Waals surface area (Å²) in [5, 5.41) is 10.2. The maximum absolute atomic E-state index is 12.6. The van der Waals surface area contributed by atoms with Crippen LogP contribution < -0.4 is 0 Å². The van der Waals surface area contributed by atoms with E-state index in [4.69, 9.17) is 0 Å². The Morgan fingerprint density at radius 1 is 1.07 bits per heavy atom. The van der Waals surface area contributed by atoms with Gasteiger partial charge in [0.2, 0.25) is 0 Å². The summed E-state index contributed by atoms with van der Waals surface area (Å²) in [6.07, 6.45) is 13.5. The van der Waals surface area contributed by atoms with Gasteiger partial charge in [0, 0.05) is 11.8 Å². The molecule has 4 saturated carbocycles. The Hall–Kier alpha value is -0.630. The van der Waals surface area contributed by atoms with Crippen LogP contribution in [0.5, 0.6) is 0 Å². The van der Waals surface area contributed by atoms with Crippen LogP contribution in [0.15, 0.2) is 11.6 Å². The number of allylic oxidation sites excluding steroid dienone is 1. The summed E-state index contributed by atoms with van der Waals surface area (Å²) in [6, 6.07) is 0. The van der Waals surface area contributed by atoms with Crippen LogP contribution >= 0.6 is 0 Å². The summed E-state index contributed by atoms with van der Waals surface area (Å²) in [5.74, 6) is 5.80. The predicted molar refractivity (Wildman–Crippen MR) is 122 cm³/mol. The van der Waals surface area contributed by atoms with Crippen molar-refractivity contribution in [3.63, 3.8) is 0 Å². The highest BCUT2D eigenvalue weighted by molar-refractivity contribution is 5.85. The van der Waals surface area contributed by atoms with Gasteiger partial charge in [-0.2, -0.15) is 0 Å². The van der Waals surface area contributed by atoms with Gasteiger partial charge in [-0.05, 0) is 104 Å². The van der Waals surface area contributed by atoms with E-state index in [0.717, 1.165) is 42.9 Å². The number of aliphatic hydroxyl groups is 1. The van der Waals surface area contributed by atoms with Crippen molar-refractivity contribution in [1.29, 1.82) is 0 Å². The van der Waals surface area contributed by atoms with Gasteiger partial charge in [-0.1, -0.05) is 46.3 Å². The number of hydrogen-bond donors (Lipinski definition) is 1. The molecule has 168 valence electrons. The second-order valence-electron chi connectivity index (χ2n) is 12.8. The lowest BCUT2D eigenvalue weighted by Gasteiger charge is -2.58. The fourth-order valence-electron chi connectivity index (χ4n) is 9.40. The van der Waals surface area contributed by atoms with E-state index in [1.165, 1.54) is 38.5 Å². The molecule has 1 N–H and O–H groups in total. The Morgan fingerprint density at radius 2 is 1.83 bits per heavy atom. The highest BCUT2D eigenvalue weighted by Crippen LogP contribution is 2.68. The molecule has 4 fully saturated rings. The zero-order chi connectivity index (χ0) is 21.4. The van der Waals surface area contributed by atoms with E-state index in [1.807, 2.05) is 0 Å². The lowest BCUT2D eigenvalue weighted by molar-refractivity contribution is -0.123. The Kier molecular flexibility index (Phi) is 5.09. The van der Waals surface area contributed by atoms with Crippen molar-refractivity contribution in [1.82, 2.24) is 0 Å². The van der Waals surface area contributed by atoms with E-state index in [-0.39, 0.29) is 12.0 Å². The molecular weight excluding hydrogens is 368 g/mol. The first-order chi connectivity index (χ1) is 14.2. The number of fused-ring (bicyclic) bond motifs is 5. The molecule has 2 nitrogen and oxygen atoms in total. The van der Waals surface area contributed by atoms with Gasteiger partial charge in [-0.3, -0.25) is 4.79 Å². The second-order valence-corrected chi connectivity index (χ2v) is 12.8. The van der Waals surface area contributed by atoms with E-state index in [9.17, 15) is 9.90 Å². The molecule has 2 unspecified atom stereocenters. The Morgan fingerprint density at radius 3 is 2.57 bits per heavy atom. The Labute approximate surface area is 184 Å². The van der Waals surface area contributed by atoms with Crippen molar-refractivity contribution >= 4 is 5.78 Å². The van der Waals surface area contributed by atoms with Gasteiger partial charge < -0.3 is 5.11 Å². The molecule has 5 aliphatic carbocycles. The molecule has 0 saturated heterocycles. The van der Waals surface area contributed by atoms with E-state index < -0.39 is 0 Å². The van der Waals surface area contributed by atoms with Crippen molar-refractivity contribution in [3.05, 3.63) is 11.6 Å². The number of Topliss-reactive ketones (excluding diaryl/α,β-unsaturated/α-hetero) is 1. The number of hydrogen-bond acceptors (Lipinski definition) is 2. The molecule has 0 heterocycles. The van der Waals surface area contributed by atoms with Crippen LogP contribution in [-0.4, -0.2) is 17.0 Å². The lowest BCUT2D eigenvalue weighted by atomic mass is 9.47. The van der Waals surface area contributed by atoms with E-state index >= 15 is 0 Å². The molecule has 5 aliphatic rings. The molecule has 10 atom stereocenters. The van der Waals surface area contributed by atoms with Crippen LogP contribution in [0.2, 0.25) is 0 Å². The first-order valence-electron chi connectivity index (χ1n) is 13.1. The van der Waals surface area contributed by atoms with Gasteiger partial charge in [0.1, 0.15) is 5.78 Å². The lowest BCUT2D eigenvalue weighted by Crippen LogP contribution is -2.51. The van der Waals surface area contributed by atoms with Gasteiger partial charge in [-0.25, -0.2) is 0 Å². The van der Waals surface area contributed by atoms with Crippen molar-refractivity contribution in [2.45, 2.75) is 98.5 Å². The van der Waals surface area contributed by atoms with E-state index in [0.29, 0.717) is 34.4 Å². The molecule has 2 heteroatoms. The predicted octanol–water partition coefficient (Wildman–Crippen LogP) is 6.42. The van der Waals surface area contributed by atoms with Crippen LogP contribution in [0.25, 0.3) is 0 Å². The van der Waals surface area contributed by atoms with Crippen molar-refractivity contribution in [2.75, 3.05) is 0 Å². The maximum Gasteiger partial charge on any atom is 0.138 e. The van der Waals surface area contributed by atoms with Gasteiger partial charge in [0.15, 0.2) is 0 Å². The SMILES string of the molecule is CC(C)C(=O)C1CC1[C@@H](C)[C@H]1CC[C@H]2[C@@H]3CC=C4C[C@@H](O)CC[C@]4(C)[C@H]3CC[C@]12C. The Balaban J connectivity index is 1.34. The molecule has 0 amide bonds. The second kappa shape index (κ2) is 7.19. The summed E-state index contributed by atoms with van der Waals surface area (Å²) >= 11 is 0. The monoisotopic (exact) mass is 412 g/mol. The van der Waals surface area contributed by atoms with Gasteiger partial charge >= 0.3 is 0 Å². The number of ketones is 1. The fraction of sp³-hybridized carbons (Fsp3) is 0.893. The smallest absolute Gasteiger partial charge is 0.138 e. The molecule has 0 aromatic rings. The summed E-state index contributed by atoms with van der Waals surface area (Å²) in [5.41, 5.74) is 2.41. The number of carbonyl (C=O) groups excluding carboxylic acids is 1. The molecule has 0 aromatic heterocycles.